The molecule has 6 nitrogen and oxygen atoms in total. The topological polar surface area (TPSA) is 67.2 Å². The average Bonchev–Trinajstić information content (AvgIpc) is 3.17. The maximum absolute atomic E-state index is 13.8. The number of nitrogens with zero attached hydrogens (tertiary/aromatic N) is 3. The molecule has 1 aliphatic heterocycles. The van der Waals surface area contributed by atoms with Gasteiger partial charge in [0, 0.05) is 17.6 Å². The van der Waals surface area contributed by atoms with E-state index in [2.05, 4.69) is 17.2 Å². The van der Waals surface area contributed by atoms with Gasteiger partial charge < -0.3 is 14.8 Å². The summed E-state index contributed by atoms with van der Waals surface area (Å²) in [6.07, 6.45) is 4.41. The van der Waals surface area contributed by atoms with Crippen LogP contribution in [-0.4, -0.2) is 37.8 Å². The number of carbonyl (C=O) groups is 2. The van der Waals surface area contributed by atoms with Crippen LogP contribution >= 0.6 is 11.6 Å². The Hall–Kier alpha value is -2.86. The molecule has 5 rings (SSSR count). The molecule has 172 valence electrons. The monoisotopic (exact) mass is 464 g/mol. The fraction of sp³-hybridized carbons (Fsp3) is 0.423. The molecule has 3 aromatic rings. The fourth-order valence-corrected chi connectivity index (χ4v) is 5.46. The minimum atomic E-state index is -1.06. The van der Waals surface area contributed by atoms with Crippen LogP contribution in [0.15, 0.2) is 48.5 Å². The highest BCUT2D eigenvalue weighted by atomic mass is 35.5. The second-order valence-electron chi connectivity index (χ2n) is 9.65. The Bertz CT molecular complexity index is 1220. The SMILES string of the molecule is C[C@@H]1CCCC[C@@H]1NC(=O)[C@]1(C)Cn2c(nc3ccccc32)C(=O)N1Cc1cccc(Cl)c1. The summed E-state index contributed by atoms with van der Waals surface area (Å²) >= 11 is 6.21. The minimum Gasteiger partial charge on any atom is -0.351 e. The fourth-order valence-electron chi connectivity index (χ4n) is 5.25. The lowest BCUT2D eigenvalue weighted by molar-refractivity contribution is -0.134. The van der Waals surface area contributed by atoms with Gasteiger partial charge in [-0.1, -0.05) is 55.6 Å². The Kier molecular flexibility index (Phi) is 5.65. The number of para-hydroxylation sites is 2. The molecule has 0 spiro atoms. The molecule has 0 saturated heterocycles. The summed E-state index contributed by atoms with van der Waals surface area (Å²) in [5.41, 5.74) is 1.44. The third kappa shape index (κ3) is 3.90. The van der Waals surface area contributed by atoms with E-state index >= 15 is 0 Å². The molecule has 2 amide bonds. The molecular formula is C26H29ClN4O2. The third-order valence-electron chi connectivity index (χ3n) is 7.30. The molecule has 1 fully saturated rings. The lowest BCUT2D eigenvalue weighted by Crippen LogP contribution is -2.65. The van der Waals surface area contributed by atoms with Gasteiger partial charge in [-0.3, -0.25) is 9.59 Å². The summed E-state index contributed by atoms with van der Waals surface area (Å²) in [7, 11) is 0. The van der Waals surface area contributed by atoms with Gasteiger partial charge in [0.15, 0.2) is 5.82 Å². The number of rotatable bonds is 4. The number of hydrogen-bond acceptors (Lipinski definition) is 3. The molecule has 2 aromatic carbocycles. The molecule has 1 N–H and O–H groups in total. The van der Waals surface area contributed by atoms with E-state index in [9.17, 15) is 9.59 Å². The maximum Gasteiger partial charge on any atom is 0.291 e. The molecule has 0 unspecified atom stereocenters. The van der Waals surface area contributed by atoms with Gasteiger partial charge in [-0.25, -0.2) is 4.98 Å². The Morgan fingerprint density at radius 1 is 1.18 bits per heavy atom. The molecule has 0 radical (unpaired) electrons. The van der Waals surface area contributed by atoms with Crippen LogP contribution in [0, 0.1) is 5.92 Å². The highest BCUT2D eigenvalue weighted by molar-refractivity contribution is 6.30. The van der Waals surface area contributed by atoms with Crippen LogP contribution in [0.5, 0.6) is 0 Å². The quantitative estimate of drug-likeness (QED) is 0.603. The predicted molar refractivity (Wildman–Crippen MR) is 129 cm³/mol. The number of carbonyl (C=O) groups excluding carboxylic acids is 2. The van der Waals surface area contributed by atoms with Crippen molar-refractivity contribution in [2.45, 2.75) is 64.2 Å². The van der Waals surface area contributed by atoms with Crippen LogP contribution in [0.1, 0.15) is 55.7 Å². The van der Waals surface area contributed by atoms with Gasteiger partial charge in [-0.15, -0.1) is 0 Å². The Labute approximate surface area is 198 Å². The van der Waals surface area contributed by atoms with Gasteiger partial charge >= 0.3 is 0 Å². The van der Waals surface area contributed by atoms with E-state index in [0.29, 0.717) is 23.3 Å². The van der Waals surface area contributed by atoms with Gasteiger partial charge in [0.1, 0.15) is 5.54 Å². The normalized spacial score (nSPS) is 25.2. The largest absolute Gasteiger partial charge is 0.351 e. The molecule has 3 atom stereocenters. The summed E-state index contributed by atoms with van der Waals surface area (Å²) in [4.78, 5) is 33.9. The smallest absolute Gasteiger partial charge is 0.291 e. The first-order chi connectivity index (χ1) is 15.9. The van der Waals surface area contributed by atoms with Crippen molar-refractivity contribution in [2.75, 3.05) is 0 Å². The van der Waals surface area contributed by atoms with Gasteiger partial charge in [0.05, 0.1) is 17.6 Å². The van der Waals surface area contributed by atoms with Crippen LogP contribution in [0.25, 0.3) is 11.0 Å². The molecule has 1 aromatic heterocycles. The van der Waals surface area contributed by atoms with Gasteiger partial charge in [0.2, 0.25) is 5.91 Å². The van der Waals surface area contributed by atoms with Crippen LogP contribution in [0.3, 0.4) is 0 Å². The zero-order chi connectivity index (χ0) is 23.2. The molecule has 1 aliphatic carbocycles. The molecule has 2 heterocycles. The lowest BCUT2D eigenvalue weighted by atomic mass is 9.85. The number of benzene rings is 2. The van der Waals surface area contributed by atoms with Crippen molar-refractivity contribution in [1.82, 2.24) is 19.8 Å². The summed E-state index contributed by atoms with van der Waals surface area (Å²) in [5.74, 6) is 0.443. The first kappa shape index (κ1) is 22.0. The van der Waals surface area contributed by atoms with Crippen LogP contribution < -0.4 is 5.32 Å². The number of nitrogens with one attached hydrogen (secondary N) is 1. The number of aromatic nitrogens is 2. The lowest BCUT2D eigenvalue weighted by Gasteiger charge is -2.44. The first-order valence-corrected chi connectivity index (χ1v) is 12.1. The van der Waals surface area contributed by atoms with E-state index < -0.39 is 5.54 Å². The van der Waals surface area contributed by atoms with E-state index in [1.54, 1.807) is 11.0 Å². The number of halogens is 1. The average molecular weight is 465 g/mol. The van der Waals surface area contributed by atoms with Gasteiger partial charge in [-0.05, 0) is 55.5 Å². The molecular weight excluding hydrogens is 436 g/mol. The number of imidazole rings is 1. The van der Waals surface area contributed by atoms with E-state index in [1.165, 1.54) is 6.42 Å². The third-order valence-corrected chi connectivity index (χ3v) is 7.53. The standard InChI is InChI=1S/C26H29ClN4O2/c1-17-8-3-4-11-20(17)29-25(33)26(2)16-30-22-13-6-5-12-21(22)28-23(30)24(32)31(26)15-18-9-7-10-19(27)14-18/h5-7,9-10,12-14,17,20H,3-4,8,11,15-16H2,1-2H3,(H,29,33)/t17-,20+,26+/m1/s1. The Morgan fingerprint density at radius 2 is 1.97 bits per heavy atom. The van der Waals surface area contributed by atoms with Crippen molar-refractivity contribution in [3.05, 3.63) is 64.9 Å². The molecule has 1 saturated carbocycles. The Balaban J connectivity index is 1.55. The summed E-state index contributed by atoms with van der Waals surface area (Å²) in [5, 5.41) is 3.91. The molecule has 33 heavy (non-hydrogen) atoms. The van der Waals surface area contributed by atoms with Crippen LogP contribution in [0.4, 0.5) is 0 Å². The predicted octanol–water partition coefficient (Wildman–Crippen LogP) is 4.80. The maximum atomic E-state index is 13.8. The second-order valence-corrected chi connectivity index (χ2v) is 10.1. The highest BCUT2D eigenvalue weighted by Crippen LogP contribution is 2.33. The van der Waals surface area contributed by atoms with Crippen molar-refractivity contribution >= 4 is 34.4 Å². The summed E-state index contributed by atoms with van der Waals surface area (Å²) in [6.45, 7) is 4.70. The van der Waals surface area contributed by atoms with E-state index in [1.807, 2.05) is 54.0 Å². The van der Waals surface area contributed by atoms with Crippen molar-refractivity contribution in [3.8, 4) is 0 Å². The molecule has 7 heteroatoms. The van der Waals surface area contributed by atoms with E-state index in [-0.39, 0.29) is 24.4 Å². The summed E-state index contributed by atoms with van der Waals surface area (Å²) in [6, 6.07) is 15.3. The van der Waals surface area contributed by atoms with Crippen molar-refractivity contribution in [1.29, 1.82) is 0 Å². The highest BCUT2D eigenvalue weighted by Gasteiger charge is 2.49. The van der Waals surface area contributed by atoms with E-state index in [4.69, 9.17) is 11.6 Å². The van der Waals surface area contributed by atoms with Crippen LogP contribution in [-0.2, 0) is 17.9 Å². The number of hydrogen-bond donors (Lipinski definition) is 1. The van der Waals surface area contributed by atoms with E-state index in [0.717, 1.165) is 35.9 Å². The summed E-state index contributed by atoms with van der Waals surface area (Å²) < 4.78 is 1.90. The van der Waals surface area contributed by atoms with Crippen molar-refractivity contribution < 1.29 is 9.59 Å². The Morgan fingerprint density at radius 3 is 2.76 bits per heavy atom. The molecule has 0 bridgehead atoms. The van der Waals surface area contributed by atoms with Gasteiger partial charge in [0.25, 0.3) is 5.91 Å². The van der Waals surface area contributed by atoms with Gasteiger partial charge in [-0.2, -0.15) is 0 Å². The number of amides is 2. The van der Waals surface area contributed by atoms with Crippen LogP contribution in [0.2, 0.25) is 5.02 Å². The molecule has 2 aliphatic rings. The second kappa shape index (κ2) is 8.49. The van der Waals surface area contributed by atoms with Crippen molar-refractivity contribution in [3.63, 3.8) is 0 Å². The first-order valence-electron chi connectivity index (χ1n) is 11.7. The zero-order valence-corrected chi connectivity index (χ0v) is 19.8. The zero-order valence-electron chi connectivity index (χ0n) is 19.1. The van der Waals surface area contributed by atoms with Crippen molar-refractivity contribution in [2.24, 2.45) is 5.92 Å². The number of fused-ring (bicyclic) bond motifs is 3. The minimum absolute atomic E-state index is 0.111.